The molecule has 2 aromatic carbocycles. The van der Waals surface area contributed by atoms with Crippen LogP contribution in [0.1, 0.15) is 30.1 Å². The molecule has 0 aliphatic carbocycles. The molecule has 2 atom stereocenters. The first-order chi connectivity index (χ1) is 15.0. The van der Waals surface area contributed by atoms with Gasteiger partial charge in [-0.3, -0.25) is 9.59 Å². The van der Waals surface area contributed by atoms with Gasteiger partial charge >= 0.3 is 0 Å². The number of aliphatic hydroxyl groups excluding tert-OH is 1. The second-order valence-electron chi connectivity index (χ2n) is 7.25. The van der Waals surface area contributed by atoms with E-state index in [1.165, 1.54) is 15.9 Å². The van der Waals surface area contributed by atoms with Crippen molar-refractivity contribution in [1.29, 1.82) is 0 Å². The topological polar surface area (TPSA) is 113 Å². The fourth-order valence-electron chi connectivity index (χ4n) is 3.73. The Kier molecular flexibility index (Phi) is 6.24. The van der Waals surface area contributed by atoms with Crippen molar-refractivity contribution in [2.45, 2.75) is 31.5 Å². The maximum Gasteiger partial charge on any atom is 0.256 e. The number of carbonyl (C=O) groups is 2. The van der Waals surface area contributed by atoms with E-state index in [1.54, 1.807) is 42.5 Å². The van der Waals surface area contributed by atoms with Crippen LogP contribution in [0, 0.1) is 0 Å². The summed E-state index contributed by atoms with van der Waals surface area (Å²) in [5.74, 6) is -0.755. The number of amides is 2. The van der Waals surface area contributed by atoms with Crippen LogP contribution < -0.4 is 5.32 Å². The molecule has 3 aromatic rings. The number of halogens is 1. The average Bonchev–Trinajstić information content (AvgIpc) is 3.49. The number of aliphatic hydroxyl groups is 1. The smallest absolute Gasteiger partial charge is 0.256 e. The summed E-state index contributed by atoms with van der Waals surface area (Å²) >= 11 is 6.12. The second-order valence-corrected chi connectivity index (χ2v) is 7.68. The lowest BCUT2D eigenvalue weighted by Crippen LogP contribution is -2.47. The Morgan fingerprint density at radius 1 is 1.23 bits per heavy atom. The van der Waals surface area contributed by atoms with E-state index in [-0.39, 0.29) is 12.5 Å². The Balaban J connectivity index is 1.45. The van der Waals surface area contributed by atoms with Crippen LogP contribution in [0.2, 0.25) is 5.02 Å². The number of nitrogens with one attached hydrogen (secondary N) is 1. The van der Waals surface area contributed by atoms with Crippen molar-refractivity contribution in [3.8, 4) is 5.69 Å². The quantitative estimate of drug-likeness (QED) is 0.602. The molecule has 4 rings (SSSR count). The average molecular weight is 441 g/mol. The van der Waals surface area contributed by atoms with Crippen LogP contribution in [0.4, 0.5) is 0 Å². The van der Waals surface area contributed by atoms with Crippen molar-refractivity contribution < 1.29 is 14.7 Å². The third kappa shape index (κ3) is 4.57. The lowest BCUT2D eigenvalue weighted by molar-refractivity contribution is -0.145. The predicted octanol–water partition coefficient (Wildman–Crippen LogP) is 1.66. The number of hydrogen-bond donors (Lipinski definition) is 2. The van der Waals surface area contributed by atoms with Crippen LogP contribution in [0.3, 0.4) is 0 Å². The maximum atomic E-state index is 12.9. The maximum absolute atomic E-state index is 12.9. The summed E-state index contributed by atoms with van der Waals surface area (Å²) in [5, 5.41) is 25.0. The molecule has 2 N–H and O–H groups in total. The summed E-state index contributed by atoms with van der Waals surface area (Å²) in [5.41, 5.74) is 1.92. The zero-order chi connectivity index (χ0) is 21.8. The highest BCUT2D eigenvalue weighted by atomic mass is 35.5. The van der Waals surface area contributed by atoms with Gasteiger partial charge in [0.2, 0.25) is 5.91 Å². The van der Waals surface area contributed by atoms with E-state index >= 15 is 0 Å². The van der Waals surface area contributed by atoms with Crippen molar-refractivity contribution >= 4 is 23.4 Å². The van der Waals surface area contributed by atoms with Crippen molar-refractivity contribution in [1.82, 2.24) is 30.4 Å². The highest BCUT2D eigenvalue weighted by Gasteiger charge is 2.37. The van der Waals surface area contributed by atoms with Gasteiger partial charge in [0.05, 0.1) is 5.69 Å². The largest absolute Gasteiger partial charge is 0.378 e. The van der Waals surface area contributed by atoms with Crippen LogP contribution in [-0.2, 0) is 16.1 Å². The number of rotatable bonds is 6. The number of tetrazole rings is 1. The summed E-state index contributed by atoms with van der Waals surface area (Å²) in [6, 6.07) is 13.3. The van der Waals surface area contributed by atoms with Gasteiger partial charge in [-0.15, -0.1) is 5.10 Å². The molecule has 0 radical (unpaired) electrons. The lowest BCUT2D eigenvalue weighted by atomic mass is 10.1. The minimum atomic E-state index is -1.30. The molecule has 9 nitrogen and oxygen atoms in total. The fraction of sp³-hybridized carbons (Fsp3) is 0.286. The van der Waals surface area contributed by atoms with Gasteiger partial charge in [0.15, 0.2) is 6.10 Å². The van der Waals surface area contributed by atoms with Gasteiger partial charge in [-0.05, 0) is 52.6 Å². The first kappa shape index (κ1) is 21.0. The van der Waals surface area contributed by atoms with Crippen LogP contribution in [0.25, 0.3) is 5.69 Å². The highest BCUT2D eigenvalue weighted by Crippen LogP contribution is 2.24. The van der Waals surface area contributed by atoms with Crippen molar-refractivity contribution in [3.05, 3.63) is 71.0 Å². The van der Waals surface area contributed by atoms with E-state index in [2.05, 4.69) is 20.8 Å². The minimum Gasteiger partial charge on any atom is -0.378 e. The molecule has 1 saturated heterocycles. The van der Waals surface area contributed by atoms with Gasteiger partial charge < -0.3 is 15.3 Å². The van der Waals surface area contributed by atoms with Gasteiger partial charge in [0, 0.05) is 18.1 Å². The first-order valence-corrected chi connectivity index (χ1v) is 10.3. The monoisotopic (exact) mass is 440 g/mol. The Morgan fingerprint density at radius 3 is 2.77 bits per heavy atom. The summed E-state index contributed by atoms with van der Waals surface area (Å²) < 4.78 is 1.49. The third-order valence-corrected chi connectivity index (χ3v) is 5.51. The number of nitrogens with zero attached hydrogens (tertiary/aromatic N) is 5. The van der Waals surface area contributed by atoms with Crippen molar-refractivity contribution in [2.75, 3.05) is 6.54 Å². The minimum absolute atomic E-state index is 0.189. The molecule has 1 aliphatic heterocycles. The van der Waals surface area contributed by atoms with E-state index in [0.717, 1.165) is 5.56 Å². The fourth-order valence-corrected chi connectivity index (χ4v) is 3.92. The van der Waals surface area contributed by atoms with Gasteiger partial charge in [-0.25, -0.2) is 4.68 Å². The van der Waals surface area contributed by atoms with Gasteiger partial charge in [0.1, 0.15) is 12.4 Å². The molecular formula is C21H21ClN6O3. The van der Waals surface area contributed by atoms with Crippen LogP contribution in [0.5, 0.6) is 0 Å². The Labute approximate surface area is 183 Å². The molecule has 1 fully saturated rings. The summed E-state index contributed by atoms with van der Waals surface area (Å²) in [7, 11) is 0. The SMILES string of the molecule is O=C(NCc1cc(Cl)ccc1-n1cnnn1)C1CCCN1C(=O)C(O)c1ccccc1. The van der Waals surface area contributed by atoms with Crippen LogP contribution >= 0.6 is 11.6 Å². The van der Waals surface area contributed by atoms with Gasteiger partial charge in [-0.1, -0.05) is 41.9 Å². The Morgan fingerprint density at radius 2 is 2.03 bits per heavy atom. The highest BCUT2D eigenvalue weighted by molar-refractivity contribution is 6.30. The van der Waals surface area contributed by atoms with Crippen LogP contribution in [-0.4, -0.2) is 54.6 Å². The molecule has 0 saturated carbocycles. The molecule has 0 spiro atoms. The summed E-state index contributed by atoms with van der Waals surface area (Å²) in [6.45, 7) is 0.613. The van der Waals surface area contributed by atoms with Crippen LogP contribution in [0.15, 0.2) is 54.9 Å². The molecule has 160 valence electrons. The molecular weight excluding hydrogens is 420 g/mol. The van der Waals surface area contributed by atoms with E-state index in [0.29, 0.717) is 35.7 Å². The molecule has 1 aliphatic rings. The number of aromatic nitrogens is 4. The molecule has 2 amide bonds. The summed E-state index contributed by atoms with van der Waals surface area (Å²) in [4.78, 5) is 27.2. The molecule has 1 aromatic heterocycles. The predicted molar refractivity (Wildman–Crippen MR) is 112 cm³/mol. The van der Waals surface area contributed by atoms with E-state index < -0.39 is 18.1 Å². The molecule has 31 heavy (non-hydrogen) atoms. The van der Waals surface area contributed by atoms with Gasteiger partial charge in [0.25, 0.3) is 5.91 Å². The van der Waals surface area contributed by atoms with Crippen molar-refractivity contribution in [3.63, 3.8) is 0 Å². The number of carbonyl (C=O) groups excluding carboxylic acids is 2. The molecule has 10 heteroatoms. The number of hydrogen-bond acceptors (Lipinski definition) is 6. The number of benzene rings is 2. The number of likely N-dealkylation sites (tertiary alicyclic amines) is 1. The molecule has 2 unspecified atom stereocenters. The summed E-state index contributed by atoms with van der Waals surface area (Å²) in [6.07, 6.45) is 1.39. The van der Waals surface area contributed by atoms with E-state index in [1.807, 2.05) is 6.07 Å². The Bertz CT molecular complexity index is 1060. The molecule has 0 bridgehead atoms. The zero-order valence-corrected chi connectivity index (χ0v) is 17.3. The second kappa shape index (κ2) is 9.23. The van der Waals surface area contributed by atoms with Crippen molar-refractivity contribution in [2.24, 2.45) is 0 Å². The van der Waals surface area contributed by atoms with E-state index in [9.17, 15) is 14.7 Å². The normalized spacial score (nSPS) is 16.8. The molecule has 2 heterocycles. The standard InChI is InChI=1S/C21H21ClN6O3/c22-16-8-9-17(28-13-24-25-26-28)15(11-16)12-23-20(30)18-7-4-10-27(18)21(31)19(29)14-5-2-1-3-6-14/h1-3,5-6,8-9,11,13,18-19,29H,4,7,10,12H2,(H,23,30). The lowest BCUT2D eigenvalue weighted by Gasteiger charge is -2.26. The zero-order valence-electron chi connectivity index (χ0n) is 16.6. The van der Waals surface area contributed by atoms with Gasteiger partial charge in [-0.2, -0.15) is 0 Å². The third-order valence-electron chi connectivity index (χ3n) is 5.28. The van der Waals surface area contributed by atoms with E-state index in [4.69, 9.17) is 11.6 Å². The Hall–Kier alpha value is -3.30. The first-order valence-electron chi connectivity index (χ1n) is 9.87.